The van der Waals surface area contributed by atoms with E-state index in [9.17, 15) is 20.1 Å². The smallest absolute Gasteiger partial charge is 0.339 e. The summed E-state index contributed by atoms with van der Waals surface area (Å²) in [6.45, 7) is 8.02. The first-order chi connectivity index (χ1) is 12.6. The van der Waals surface area contributed by atoms with Crippen molar-refractivity contribution in [3.63, 3.8) is 0 Å². The second kappa shape index (κ2) is 7.01. The summed E-state index contributed by atoms with van der Waals surface area (Å²) in [6, 6.07) is 1.81. The Morgan fingerprint density at radius 3 is 2.63 bits per heavy atom. The van der Waals surface area contributed by atoms with Gasteiger partial charge in [-0.05, 0) is 64.5 Å². The zero-order chi connectivity index (χ0) is 20.0. The maximum Gasteiger partial charge on any atom is 0.339 e. The van der Waals surface area contributed by atoms with Gasteiger partial charge in [-0.25, -0.2) is 4.79 Å². The highest BCUT2D eigenvalue weighted by Crippen LogP contribution is 2.57. The Bertz CT molecular complexity index is 735. The van der Waals surface area contributed by atoms with Gasteiger partial charge >= 0.3 is 5.97 Å². The van der Waals surface area contributed by atoms with Crippen LogP contribution in [0.5, 0.6) is 11.5 Å². The van der Waals surface area contributed by atoms with Crippen molar-refractivity contribution in [3.05, 3.63) is 22.8 Å². The van der Waals surface area contributed by atoms with Gasteiger partial charge in [-0.2, -0.15) is 0 Å². The van der Waals surface area contributed by atoms with Gasteiger partial charge in [-0.15, -0.1) is 0 Å². The van der Waals surface area contributed by atoms with E-state index in [0.29, 0.717) is 36.1 Å². The van der Waals surface area contributed by atoms with E-state index in [2.05, 4.69) is 6.92 Å². The Morgan fingerprint density at radius 2 is 2.00 bits per heavy atom. The van der Waals surface area contributed by atoms with Crippen LogP contribution in [0.1, 0.15) is 93.6 Å². The van der Waals surface area contributed by atoms with Gasteiger partial charge in [-0.1, -0.05) is 19.8 Å². The average molecular weight is 376 g/mol. The molecule has 1 aliphatic carbocycles. The number of fused-ring (bicyclic) bond motifs is 3. The van der Waals surface area contributed by atoms with E-state index >= 15 is 0 Å². The number of aliphatic hydroxyl groups is 1. The number of benzene rings is 1. The summed E-state index contributed by atoms with van der Waals surface area (Å²) in [5.41, 5.74) is -0.0508. The molecule has 3 atom stereocenters. The van der Waals surface area contributed by atoms with Gasteiger partial charge in [0.2, 0.25) is 0 Å². The third kappa shape index (κ3) is 3.66. The van der Waals surface area contributed by atoms with E-state index in [-0.39, 0.29) is 23.1 Å². The molecular formula is C22H32O5. The summed E-state index contributed by atoms with van der Waals surface area (Å²) in [5.74, 6) is -0.688. The fraction of sp³-hybridized carbons (Fsp3) is 0.682. The minimum atomic E-state index is -1.11. The minimum absolute atomic E-state index is 0.00266. The number of aromatic hydroxyl groups is 1. The number of carboxylic acids is 1. The molecule has 0 bridgehead atoms. The molecular weight excluding hydrogens is 344 g/mol. The van der Waals surface area contributed by atoms with Crippen LogP contribution in [0.2, 0.25) is 0 Å². The third-order valence-electron chi connectivity index (χ3n) is 6.42. The SMILES string of the molecule is CCCCCc1cc2c(c(O)c1C(=O)O)C1C[C@@](C)(O)CC[C@H]1C(C)(C)O2. The topological polar surface area (TPSA) is 87.0 Å². The Kier molecular flexibility index (Phi) is 5.19. The Labute approximate surface area is 161 Å². The van der Waals surface area contributed by atoms with Crippen LogP contribution in [-0.2, 0) is 6.42 Å². The number of hydrogen-bond acceptors (Lipinski definition) is 4. The summed E-state index contributed by atoms with van der Waals surface area (Å²) >= 11 is 0. The molecule has 0 spiro atoms. The maximum atomic E-state index is 11.9. The van der Waals surface area contributed by atoms with Gasteiger partial charge in [0, 0.05) is 17.4 Å². The summed E-state index contributed by atoms with van der Waals surface area (Å²) in [7, 11) is 0. The van der Waals surface area contributed by atoms with E-state index in [0.717, 1.165) is 25.7 Å². The van der Waals surface area contributed by atoms with Gasteiger partial charge in [0.15, 0.2) is 0 Å². The van der Waals surface area contributed by atoms with Crippen LogP contribution in [-0.4, -0.2) is 32.5 Å². The van der Waals surface area contributed by atoms with Crippen LogP contribution in [0.3, 0.4) is 0 Å². The molecule has 27 heavy (non-hydrogen) atoms. The molecule has 1 aromatic carbocycles. The van der Waals surface area contributed by atoms with Crippen LogP contribution >= 0.6 is 0 Å². The third-order valence-corrected chi connectivity index (χ3v) is 6.42. The number of carboxylic acid groups (broad SMARTS) is 1. The molecule has 0 amide bonds. The molecule has 1 saturated carbocycles. The van der Waals surface area contributed by atoms with Crippen molar-refractivity contribution in [3.8, 4) is 11.5 Å². The van der Waals surface area contributed by atoms with Crippen LogP contribution < -0.4 is 4.74 Å². The van der Waals surface area contributed by atoms with Gasteiger partial charge in [0.25, 0.3) is 0 Å². The van der Waals surface area contributed by atoms with E-state index < -0.39 is 17.2 Å². The number of phenols is 1. The molecule has 5 nitrogen and oxygen atoms in total. The second-order valence-corrected chi connectivity index (χ2v) is 9.09. The fourth-order valence-corrected chi connectivity index (χ4v) is 5.04. The molecule has 5 heteroatoms. The highest BCUT2D eigenvalue weighted by molar-refractivity contribution is 5.94. The summed E-state index contributed by atoms with van der Waals surface area (Å²) in [5, 5.41) is 31.4. The molecule has 1 heterocycles. The molecule has 1 aromatic rings. The van der Waals surface area contributed by atoms with Gasteiger partial charge < -0.3 is 20.1 Å². The normalized spacial score (nSPS) is 28.8. The number of ether oxygens (including phenoxy) is 1. The number of carbonyl (C=O) groups is 1. The van der Waals surface area contributed by atoms with Crippen molar-refractivity contribution < 1.29 is 24.9 Å². The van der Waals surface area contributed by atoms with Crippen LogP contribution in [0.15, 0.2) is 6.07 Å². The lowest BCUT2D eigenvalue weighted by Crippen LogP contribution is -2.50. The van der Waals surface area contributed by atoms with Crippen molar-refractivity contribution in [2.75, 3.05) is 0 Å². The highest BCUT2D eigenvalue weighted by atomic mass is 16.5. The summed E-state index contributed by atoms with van der Waals surface area (Å²) in [4.78, 5) is 11.9. The molecule has 150 valence electrons. The maximum absolute atomic E-state index is 11.9. The monoisotopic (exact) mass is 376 g/mol. The van der Waals surface area contributed by atoms with Crippen molar-refractivity contribution >= 4 is 5.97 Å². The molecule has 2 aliphatic rings. The largest absolute Gasteiger partial charge is 0.507 e. The van der Waals surface area contributed by atoms with Crippen molar-refractivity contribution in [1.29, 1.82) is 0 Å². The zero-order valence-corrected chi connectivity index (χ0v) is 16.8. The molecule has 1 unspecified atom stereocenters. The van der Waals surface area contributed by atoms with Crippen LogP contribution in [0, 0.1) is 5.92 Å². The number of aromatic carboxylic acids is 1. The molecule has 0 aromatic heterocycles. The van der Waals surface area contributed by atoms with Crippen molar-refractivity contribution in [1.82, 2.24) is 0 Å². The van der Waals surface area contributed by atoms with Gasteiger partial charge in [0.05, 0.1) is 5.60 Å². The molecule has 3 N–H and O–H groups in total. The molecule has 1 fully saturated rings. The van der Waals surface area contributed by atoms with Crippen molar-refractivity contribution in [2.45, 2.75) is 89.8 Å². The van der Waals surface area contributed by atoms with Gasteiger partial charge in [-0.3, -0.25) is 0 Å². The number of aryl methyl sites for hydroxylation is 1. The lowest BCUT2D eigenvalue weighted by Gasteiger charge is -2.50. The first-order valence-electron chi connectivity index (χ1n) is 10.1. The number of hydrogen-bond donors (Lipinski definition) is 3. The predicted octanol–water partition coefficient (Wildman–Crippen LogP) is 4.63. The summed E-state index contributed by atoms with van der Waals surface area (Å²) < 4.78 is 6.28. The second-order valence-electron chi connectivity index (χ2n) is 9.09. The Balaban J connectivity index is 2.12. The zero-order valence-electron chi connectivity index (χ0n) is 16.8. The first-order valence-corrected chi connectivity index (χ1v) is 10.1. The number of rotatable bonds is 5. The summed E-state index contributed by atoms with van der Waals surface area (Å²) in [6.07, 6.45) is 5.49. The van der Waals surface area contributed by atoms with Gasteiger partial charge in [0.1, 0.15) is 22.7 Å². The average Bonchev–Trinajstić information content (AvgIpc) is 2.52. The Hall–Kier alpha value is -1.75. The van der Waals surface area contributed by atoms with E-state index in [1.54, 1.807) is 0 Å². The molecule has 0 radical (unpaired) electrons. The van der Waals surface area contributed by atoms with E-state index in [1.807, 2.05) is 26.8 Å². The molecule has 3 rings (SSSR count). The molecule has 1 aliphatic heterocycles. The number of unbranched alkanes of at least 4 members (excludes halogenated alkanes) is 2. The van der Waals surface area contributed by atoms with Crippen molar-refractivity contribution in [2.24, 2.45) is 5.92 Å². The fourth-order valence-electron chi connectivity index (χ4n) is 5.04. The lowest BCUT2D eigenvalue weighted by atomic mass is 9.62. The highest BCUT2D eigenvalue weighted by Gasteiger charge is 2.50. The van der Waals surface area contributed by atoms with Crippen LogP contribution in [0.4, 0.5) is 0 Å². The van der Waals surface area contributed by atoms with E-state index in [1.165, 1.54) is 0 Å². The van der Waals surface area contributed by atoms with Crippen LogP contribution in [0.25, 0.3) is 0 Å². The standard InChI is InChI=1S/C22H32O5/c1-5-6-7-8-13-11-16-18(19(23)17(13)20(24)25)14-12-22(4,26)10-9-15(14)21(2,3)27-16/h11,14-15,23,26H,5-10,12H2,1-4H3,(H,24,25)/t14?,15-,22+/m1/s1. The van der Waals surface area contributed by atoms with E-state index in [4.69, 9.17) is 4.74 Å². The Morgan fingerprint density at radius 1 is 1.30 bits per heavy atom. The first kappa shape index (κ1) is 20.0. The minimum Gasteiger partial charge on any atom is -0.507 e. The predicted molar refractivity (Wildman–Crippen MR) is 104 cm³/mol. The molecule has 0 saturated heterocycles. The quantitative estimate of drug-likeness (QED) is 0.652. The lowest BCUT2D eigenvalue weighted by molar-refractivity contribution is -0.0660.